The average Bonchev–Trinajstić information content (AvgIpc) is 2.64. The Morgan fingerprint density at radius 2 is 2.12 bits per heavy atom. The Kier molecular flexibility index (Phi) is 2.71. The fourth-order valence-corrected chi connectivity index (χ4v) is 1.64. The van der Waals surface area contributed by atoms with Crippen LogP contribution in [0, 0.1) is 0 Å². The zero-order valence-electron chi connectivity index (χ0n) is 8.83. The van der Waals surface area contributed by atoms with Gasteiger partial charge in [0.2, 0.25) is 0 Å². The van der Waals surface area contributed by atoms with E-state index in [1.165, 1.54) is 0 Å². The Labute approximate surface area is 98.5 Å². The van der Waals surface area contributed by atoms with E-state index in [1.807, 2.05) is 19.1 Å². The van der Waals surface area contributed by atoms with Crippen LogP contribution in [0.5, 0.6) is 0 Å². The molecule has 4 heteroatoms. The van der Waals surface area contributed by atoms with Crippen molar-refractivity contribution in [2.45, 2.75) is 6.92 Å². The SMILES string of the molecule is C=C(C)c1cc(Cl)cc(-c2cc(N)no2)c1. The summed E-state index contributed by atoms with van der Waals surface area (Å²) < 4.78 is 5.08. The van der Waals surface area contributed by atoms with Crippen LogP contribution < -0.4 is 5.73 Å². The molecule has 3 nitrogen and oxygen atoms in total. The Morgan fingerprint density at radius 3 is 2.69 bits per heavy atom. The molecule has 1 aromatic carbocycles. The quantitative estimate of drug-likeness (QED) is 0.864. The van der Waals surface area contributed by atoms with Crippen LogP contribution in [0.4, 0.5) is 5.82 Å². The van der Waals surface area contributed by atoms with Gasteiger partial charge in [-0.1, -0.05) is 28.9 Å². The van der Waals surface area contributed by atoms with Gasteiger partial charge in [0.15, 0.2) is 11.6 Å². The van der Waals surface area contributed by atoms with Crippen molar-refractivity contribution in [1.82, 2.24) is 5.16 Å². The Balaban J connectivity index is 2.53. The summed E-state index contributed by atoms with van der Waals surface area (Å²) in [6.07, 6.45) is 0. The summed E-state index contributed by atoms with van der Waals surface area (Å²) in [5.74, 6) is 0.953. The summed E-state index contributed by atoms with van der Waals surface area (Å²) >= 11 is 6.02. The zero-order chi connectivity index (χ0) is 11.7. The third-order valence-corrected chi connectivity index (χ3v) is 2.42. The molecule has 0 atom stereocenters. The second-order valence-corrected chi connectivity index (χ2v) is 4.06. The molecular formula is C12H11ClN2O. The maximum absolute atomic E-state index is 6.02. The van der Waals surface area contributed by atoms with Crippen LogP contribution in [0.2, 0.25) is 5.02 Å². The lowest BCUT2D eigenvalue weighted by Gasteiger charge is -2.03. The fraction of sp³-hybridized carbons (Fsp3) is 0.0833. The highest BCUT2D eigenvalue weighted by molar-refractivity contribution is 6.31. The van der Waals surface area contributed by atoms with Gasteiger partial charge in [0.1, 0.15) is 0 Å². The van der Waals surface area contributed by atoms with E-state index in [0.717, 1.165) is 16.7 Å². The van der Waals surface area contributed by atoms with E-state index >= 15 is 0 Å². The van der Waals surface area contributed by atoms with Crippen molar-refractivity contribution in [3.63, 3.8) is 0 Å². The third kappa shape index (κ3) is 2.09. The predicted molar refractivity (Wildman–Crippen MR) is 66.1 cm³/mol. The van der Waals surface area contributed by atoms with E-state index in [1.54, 1.807) is 12.1 Å². The predicted octanol–water partition coefficient (Wildman–Crippen LogP) is 3.61. The second kappa shape index (κ2) is 4.02. The lowest BCUT2D eigenvalue weighted by molar-refractivity contribution is 0.436. The number of nitrogens with zero attached hydrogens (tertiary/aromatic N) is 1. The van der Waals surface area contributed by atoms with Crippen molar-refractivity contribution >= 4 is 23.0 Å². The van der Waals surface area contributed by atoms with Gasteiger partial charge < -0.3 is 10.3 Å². The van der Waals surface area contributed by atoms with E-state index < -0.39 is 0 Å². The van der Waals surface area contributed by atoms with Gasteiger partial charge >= 0.3 is 0 Å². The fourth-order valence-electron chi connectivity index (χ4n) is 1.40. The minimum atomic E-state index is 0.354. The maximum atomic E-state index is 6.02. The number of hydrogen-bond donors (Lipinski definition) is 1. The second-order valence-electron chi connectivity index (χ2n) is 3.62. The van der Waals surface area contributed by atoms with Crippen LogP contribution in [0.15, 0.2) is 35.4 Å². The van der Waals surface area contributed by atoms with Crippen molar-refractivity contribution in [1.29, 1.82) is 0 Å². The molecular weight excluding hydrogens is 224 g/mol. The van der Waals surface area contributed by atoms with Crippen LogP contribution in [0.3, 0.4) is 0 Å². The monoisotopic (exact) mass is 234 g/mol. The summed E-state index contributed by atoms with van der Waals surface area (Å²) in [5, 5.41) is 4.26. The van der Waals surface area contributed by atoms with Crippen molar-refractivity contribution < 1.29 is 4.52 Å². The summed E-state index contributed by atoms with van der Waals surface area (Å²) in [6.45, 7) is 5.80. The molecule has 0 unspecified atom stereocenters. The molecule has 0 saturated heterocycles. The number of rotatable bonds is 2. The zero-order valence-corrected chi connectivity index (χ0v) is 9.58. The molecule has 1 aromatic heterocycles. The number of aromatic nitrogens is 1. The van der Waals surface area contributed by atoms with Crippen molar-refractivity contribution in [3.05, 3.63) is 41.4 Å². The van der Waals surface area contributed by atoms with E-state index in [2.05, 4.69) is 11.7 Å². The summed E-state index contributed by atoms with van der Waals surface area (Å²) in [5.41, 5.74) is 8.25. The van der Waals surface area contributed by atoms with Gasteiger partial charge in [0.05, 0.1) is 0 Å². The van der Waals surface area contributed by atoms with Gasteiger partial charge in [0.25, 0.3) is 0 Å². The summed E-state index contributed by atoms with van der Waals surface area (Å²) in [4.78, 5) is 0. The van der Waals surface area contributed by atoms with E-state index in [-0.39, 0.29) is 0 Å². The van der Waals surface area contributed by atoms with Gasteiger partial charge in [-0.05, 0) is 30.7 Å². The summed E-state index contributed by atoms with van der Waals surface area (Å²) in [7, 11) is 0. The number of hydrogen-bond acceptors (Lipinski definition) is 3. The molecule has 82 valence electrons. The molecule has 0 aliphatic rings. The van der Waals surface area contributed by atoms with E-state index in [4.69, 9.17) is 21.9 Å². The molecule has 0 saturated carbocycles. The molecule has 2 rings (SSSR count). The topological polar surface area (TPSA) is 52.0 Å². The minimum absolute atomic E-state index is 0.354. The van der Waals surface area contributed by atoms with Crippen LogP contribution in [0.25, 0.3) is 16.9 Å². The summed E-state index contributed by atoms with van der Waals surface area (Å²) in [6, 6.07) is 7.25. The molecule has 1 heterocycles. The molecule has 0 fully saturated rings. The lowest BCUT2D eigenvalue weighted by Crippen LogP contribution is -1.82. The van der Waals surface area contributed by atoms with Gasteiger partial charge in [0, 0.05) is 16.7 Å². The van der Waals surface area contributed by atoms with Gasteiger partial charge in [-0.15, -0.1) is 0 Å². The Bertz CT molecular complexity index is 546. The lowest BCUT2D eigenvalue weighted by atomic mass is 10.0. The van der Waals surface area contributed by atoms with E-state index in [9.17, 15) is 0 Å². The minimum Gasteiger partial charge on any atom is -0.381 e. The number of allylic oxidation sites excluding steroid dienone is 1. The largest absolute Gasteiger partial charge is 0.381 e. The molecule has 0 spiro atoms. The van der Waals surface area contributed by atoms with Crippen LogP contribution in [0.1, 0.15) is 12.5 Å². The number of benzene rings is 1. The first-order valence-corrected chi connectivity index (χ1v) is 5.13. The van der Waals surface area contributed by atoms with Gasteiger partial charge in [-0.3, -0.25) is 0 Å². The van der Waals surface area contributed by atoms with Gasteiger partial charge in [-0.25, -0.2) is 0 Å². The molecule has 0 aliphatic carbocycles. The Hall–Kier alpha value is -1.74. The number of nitrogen functional groups attached to an aromatic ring is 1. The average molecular weight is 235 g/mol. The first-order chi connectivity index (χ1) is 7.56. The number of halogens is 1. The molecule has 0 radical (unpaired) electrons. The Morgan fingerprint density at radius 1 is 1.38 bits per heavy atom. The van der Waals surface area contributed by atoms with E-state index in [0.29, 0.717) is 16.6 Å². The molecule has 2 N–H and O–H groups in total. The van der Waals surface area contributed by atoms with Gasteiger partial charge in [-0.2, -0.15) is 0 Å². The standard InChI is InChI=1S/C12H11ClN2O/c1-7(2)8-3-9(5-10(13)4-8)11-6-12(14)15-16-11/h3-6H,1H2,2H3,(H2,14,15). The van der Waals surface area contributed by atoms with Crippen molar-refractivity contribution in [3.8, 4) is 11.3 Å². The van der Waals surface area contributed by atoms with Crippen LogP contribution in [-0.4, -0.2) is 5.16 Å². The van der Waals surface area contributed by atoms with Crippen molar-refractivity contribution in [2.24, 2.45) is 0 Å². The number of nitrogens with two attached hydrogens (primary N) is 1. The first kappa shape index (κ1) is 10.8. The van der Waals surface area contributed by atoms with Crippen molar-refractivity contribution in [2.75, 3.05) is 5.73 Å². The molecule has 2 aromatic rings. The van der Waals surface area contributed by atoms with Crippen LogP contribution in [-0.2, 0) is 0 Å². The normalized spacial score (nSPS) is 10.4. The highest BCUT2D eigenvalue weighted by Gasteiger charge is 2.07. The molecule has 16 heavy (non-hydrogen) atoms. The van der Waals surface area contributed by atoms with Crippen LogP contribution >= 0.6 is 11.6 Å². The number of anilines is 1. The highest BCUT2D eigenvalue weighted by atomic mass is 35.5. The molecule has 0 amide bonds. The highest BCUT2D eigenvalue weighted by Crippen LogP contribution is 2.28. The maximum Gasteiger partial charge on any atom is 0.169 e. The first-order valence-electron chi connectivity index (χ1n) is 4.75. The third-order valence-electron chi connectivity index (χ3n) is 2.20. The molecule has 0 aliphatic heterocycles. The smallest absolute Gasteiger partial charge is 0.169 e. The molecule has 0 bridgehead atoms.